The van der Waals surface area contributed by atoms with E-state index in [1.54, 1.807) is 0 Å². The van der Waals surface area contributed by atoms with Gasteiger partial charge in [0.1, 0.15) is 12.4 Å². The molecular weight excluding hydrogens is 272 g/mol. The summed E-state index contributed by atoms with van der Waals surface area (Å²) in [5, 5.41) is 10.6. The van der Waals surface area contributed by atoms with Gasteiger partial charge in [-0.05, 0) is 32.4 Å². The van der Waals surface area contributed by atoms with Gasteiger partial charge in [-0.2, -0.15) is 0 Å². The zero-order valence-corrected chi connectivity index (χ0v) is 11.9. The number of rotatable bonds is 3. The lowest BCUT2D eigenvalue weighted by Crippen LogP contribution is -2.46. The molecule has 0 spiro atoms. The van der Waals surface area contributed by atoms with Gasteiger partial charge in [0.2, 0.25) is 5.95 Å². The Balaban J connectivity index is 1.60. The van der Waals surface area contributed by atoms with Crippen LogP contribution < -0.4 is 10.6 Å². The molecule has 0 bridgehead atoms. The van der Waals surface area contributed by atoms with Gasteiger partial charge in [-0.3, -0.25) is 15.0 Å². The van der Waals surface area contributed by atoms with Crippen molar-refractivity contribution in [3.8, 4) is 0 Å². The molecule has 2 N–H and O–H groups in total. The molecule has 8 heteroatoms. The van der Waals surface area contributed by atoms with E-state index in [1.807, 2.05) is 0 Å². The Morgan fingerprint density at radius 1 is 1.19 bits per heavy atom. The molecule has 0 aliphatic carbocycles. The fourth-order valence-electron chi connectivity index (χ4n) is 3.08. The minimum atomic E-state index is -0.479. The summed E-state index contributed by atoms with van der Waals surface area (Å²) in [5.41, 5.74) is 5.87. The van der Waals surface area contributed by atoms with Gasteiger partial charge in [0.05, 0.1) is 4.92 Å². The Kier molecular flexibility index (Phi) is 3.98. The number of aromatic nitrogens is 2. The third-order valence-electron chi connectivity index (χ3n) is 4.37. The summed E-state index contributed by atoms with van der Waals surface area (Å²) < 4.78 is 0. The van der Waals surface area contributed by atoms with Crippen LogP contribution in [0.2, 0.25) is 0 Å². The van der Waals surface area contributed by atoms with Crippen LogP contribution in [0.3, 0.4) is 0 Å². The highest BCUT2D eigenvalue weighted by Gasteiger charge is 2.31. The second-order valence-electron chi connectivity index (χ2n) is 5.76. The zero-order valence-electron chi connectivity index (χ0n) is 11.9. The Bertz CT molecular complexity index is 500. The summed E-state index contributed by atoms with van der Waals surface area (Å²) in [6, 6.07) is 0.855. The maximum absolute atomic E-state index is 10.6. The van der Waals surface area contributed by atoms with Crippen LogP contribution in [0, 0.1) is 10.1 Å². The van der Waals surface area contributed by atoms with E-state index in [0.717, 1.165) is 45.4 Å². The maximum Gasteiger partial charge on any atom is 0.305 e. The van der Waals surface area contributed by atoms with Crippen molar-refractivity contribution in [3.05, 3.63) is 22.5 Å². The molecule has 0 radical (unpaired) electrons. The average molecular weight is 292 g/mol. The summed E-state index contributed by atoms with van der Waals surface area (Å²) >= 11 is 0. The second-order valence-corrected chi connectivity index (χ2v) is 5.76. The van der Waals surface area contributed by atoms with E-state index in [1.165, 1.54) is 12.4 Å². The molecule has 2 fully saturated rings. The van der Waals surface area contributed by atoms with E-state index < -0.39 is 4.92 Å². The fourth-order valence-corrected chi connectivity index (χ4v) is 3.08. The van der Waals surface area contributed by atoms with E-state index in [2.05, 4.69) is 19.8 Å². The molecule has 1 aromatic rings. The lowest BCUT2D eigenvalue weighted by molar-refractivity contribution is -0.385. The Morgan fingerprint density at radius 2 is 1.86 bits per heavy atom. The van der Waals surface area contributed by atoms with Gasteiger partial charge in [-0.1, -0.05) is 0 Å². The molecule has 3 heterocycles. The number of anilines is 1. The SMILES string of the molecule is NC1CCN(C2CCN(c3ncc([N+](=O)[O-])cn3)C2)CC1. The smallest absolute Gasteiger partial charge is 0.305 e. The topological polar surface area (TPSA) is 101 Å². The van der Waals surface area contributed by atoms with Gasteiger partial charge < -0.3 is 10.6 Å². The zero-order chi connectivity index (χ0) is 14.8. The van der Waals surface area contributed by atoms with Crippen LogP contribution in [0.15, 0.2) is 12.4 Å². The number of hydrogen-bond donors (Lipinski definition) is 1. The van der Waals surface area contributed by atoms with E-state index in [9.17, 15) is 10.1 Å². The number of nitrogens with two attached hydrogens (primary N) is 1. The maximum atomic E-state index is 10.6. The van der Waals surface area contributed by atoms with Gasteiger partial charge in [0.25, 0.3) is 0 Å². The molecule has 0 aromatic carbocycles. The van der Waals surface area contributed by atoms with Crippen molar-refractivity contribution >= 4 is 11.6 Å². The molecule has 1 aromatic heterocycles. The third kappa shape index (κ3) is 3.11. The Morgan fingerprint density at radius 3 is 2.48 bits per heavy atom. The monoisotopic (exact) mass is 292 g/mol. The van der Waals surface area contributed by atoms with Crippen LogP contribution in [0.1, 0.15) is 19.3 Å². The number of nitrogens with zero attached hydrogens (tertiary/aromatic N) is 5. The highest BCUT2D eigenvalue weighted by Crippen LogP contribution is 2.23. The molecule has 8 nitrogen and oxygen atoms in total. The van der Waals surface area contributed by atoms with E-state index in [-0.39, 0.29) is 5.69 Å². The number of likely N-dealkylation sites (tertiary alicyclic amines) is 1. The largest absolute Gasteiger partial charge is 0.339 e. The van der Waals surface area contributed by atoms with Gasteiger partial charge in [0.15, 0.2) is 0 Å². The molecule has 2 aliphatic heterocycles. The summed E-state index contributed by atoms with van der Waals surface area (Å²) in [6.07, 6.45) is 5.75. The first-order valence-electron chi connectivity index (χ1n) is 7.34. The van der Waals surface area contributed by atoms with Gasteiger partial charge >= 0.3 is 5.69 Å². The first kappa shape index (κ1) is 14.2. The normalized spacial score (nSPS) is 24.4. The summed E-state index contributed by atoms with van der Waals surface area (Å²) in [6.45, 7) is 3.89. The molecule has 2 aliphatic rings. The molecule has 114 valence electrons. The Hall–Kier alpha value is -1.80. The molecule has 0 amide bonds. The first-order valence-corrected chi connectivity index (χ1v) is 7.34. The predicted molar refractivity (Wildman–Crippen MR) is 78.1 cm³/mol. The standard InChI is InChI=1S/C13H20N6O2/c14-10-1-4-17(5-2-10)11-3-6-18(9-11)13-15-7-12(8-16-13)19(20)21/h7-8,10-11H,1-6,9,14H2. The van der Waals surface area contributed by atoms with E-state index >= 15 is 0 Å². The third-order valence-corrected chi connectivity index (χ3v) is 4.37. The van der Waals surface area contributed by atoms with Crippen LogP contribution in [-0.4, -0.2) is 58.1 Å². The van der Waals surface area contributed by atoms with Crippen molar-refractivity contribution in [2.45, 2.75) is 31.3 Å². The molecule has 21 heavy (non-hydrogen) atoms. The summed E-state index contributed by atoms with van der Waals surface area (Å²) in [4.78, 5) is 22.9. The molecular formula is C13H20N6O2. The molecule has 2 saturated heterocycles. The highest BCUT2D eigenvalue weighted by molar-refractivity contribution is 5.35. The van der Waals surface area contributed by atoms with Crippen molar-refractivity contribution < 1.29 is 4.92 Å². The van der Waals surface area contributed by atoms with Gasteiger partial charge in [-0.15, -0.1) is 0 Å². The number of nitro groups is 1. The van der Waals surface area contributed by atoms with Crippen LogP contribution in [-0.2, 0) is 0 Å². The average Bonchev–Trinajstić information content (AvgIpc) is 2.98. The van der Waals surface area contributed by atoms with Crippen molar-refractivity contribution in [2.24, 2.45) is 5.73 Å². The van der Waals surface area contributed by atoms with Gasteiger partial charge in [0, 0.05) is 25.2 Å². The fraction of sp³-hybridized carbons (Fsp3) is 0.692. The first-order chi connectivity index (χ1) is 10.1. The number of piperidine rings is 1. The van der Waals surface area contributed by atoms with E-state index in [4.69, 9.17) is 5.73 Å². The van der Waals surface area contributed by atoms with Crippen LogP contribution in [0.25, 0.3) is 0 Å². The second kappa shape index (κ2) is 5.90. The van der Waals surface area contributed by atoms with Crippen molar-refractivity contribution in [1.82, 2.24) is 14.9 Å². The predicted octanol–water partition coefficient (Wildman–Crippen LogP) is 0.387. The lowest BCUT2D eigenvalue weighted by Gasteiger charge is -2.34. The summed E-state index contributed by atoms with van der Waals surface area (Å²) in [7, 11) is 0. The molecule has 1 unspecified atom stereocenters. The Labute approximate surface area is 123 Å². The quantitative estimate of drug-likeness (QED) is 0.635. The van der Waals surface area contributed by atoms with Crippen LogP contribution >= 0.6 is 0 Å². The molecule has 3 rings (SSSR count). The minimum absolute atomic E-state index is 0.0699. The van der Waals surface area contributed by atoms with Crippen molar-refractivity contribution in [1.29, 1.82) is 0 Å². The molecule has 1 atom stereocenters. The molecule has 0 saturated carbocycles. The lowest BCUT2D eigenvalue weighted by atomic mass is 10.0. The van der Waals surface area contributed by atoms with Crippen molar-refractivity contribution in [3.63, 3.8) is 0 Å². The highest BCUT2D eigenvalue weighted by atomic mass is 16.6. The van der Waals surface area contributed by atoms with Crippen LogP contribution in [0.4, 0.5) is 11.6 Å². The summed E-state index contributed by atoms with van der Waals surface area (Å²) in [5.74, 6) is 0.580. The minimum Gasteiger partial charge on any atom is -0.339 e. The van der Waals surface area contributed by atoms with Crippen molar-refractivity contribution in [2.75, 3.05) is 31.1 Å². The van der Waals surface area contributed by atoms with Crippen LogP contribution in [0.5, 0.6) is 0 Å². The van der Waals surface area contributed by atoms with Gasteiger partial charge in [-0.25, -0.2) is 9.97 Å². The number of hydrogen-bond acceptors (Lipinski definition) is 7. The van der Waals surface area contributed by atoms with E-state index in [0.29, 0.717) is 18.0 Å².